The first-order valence-corrected chi connectivity index (χ1v) is 8.42. The molecule has 0 atom stereocenters. The molecule has 0 radical (unpaired) electrons. The lowest BCUT2D eigenvalue weighted by molar-refractivity contribution is -0.133. The Kier molecular flexibility index (Phi) is 7.23. The first-order chi connectivity index (χ1) is 14.3. The van der Waals surface area contributed by atoms with Crippen LogP contribution in [0.25, 0.3) is 0 Å². The van der Waals surface area contributed by atoms with E-state index in [0.717, 1.165) is 7.11 Å². The standard InChI is InChI=1S/C20H18N2O8/c1-28-18(25)11-8-9-13(20(27)30-3)15(10-11)22-17(24)16(23)21-14-7-5-4-6-12(14)19(26)29-2/h4-10H,1-3H3,(H,21,23)(H,22,24). The number of hydrogen-bond acceptors (Lipinski definition) is 8. The molecule has 0 saturated heterocycles. The summed E-state index contributed by atoms with van der Waals surface area (Å²) < 4.78 is 13.9. The molecular formula is C20H18N2O8. The van der Waals surface area contributed by atoms with Crippen molar-refractivity contribution in [1.29, 1.82) is 0 Å². The smallest absolute Gasteiger partial charge is 0.339 e. The van der Waals surface area contributed by atoms with Gasteiger partial charge < -0.3 is 24.8 Å². The third kappa shape index (κ3) is 4.98. The van der Waals surface area contributed by atoms with Crippen LogP contribution in [0, 0.1) is 0 Å². The Hall–Kier alpha value is -4.21. The Morgan fingerprint density at radius 3 is 1.70 bits per heavy atom. The fourth-order valence-corrected chi connectivity index (χ4v) is 2.42. The van der Waals surface area contributed by atoms with Gasteiger partial charge in [0.15, 0.2) is 0 Å². The number of benzene rings is 2. The zero-order chi connectivity index (χ0) is 22.3. The van der Waals surface area contributed by atoms with Crippen molar-refractivity contribution in [2.75, 3.05) is 32.0 Å². The number of nitrogens with one attached hydrogen (secondary N) is 2. The molecule has 0 fully saturated rings. The summed E-state index contributed by atoms with van der Waals surface area (Å²) in [5.41, 5.74) is -0.0746. The maximum atomic E-state index is 12.4. The van der Waals surface area contributed by atoms with E-state index in [0.29, 0.717) is 0 Å². The summed E-state index contributed by atoms with van der Waals surface area (Å²) in [7, 11) is 3.48. The molecule has 0 bridgehead atoms. The van der Waals surface area contributed by atoms with Gasteiger partial charge in [-0.25, -0.2) is 14.4 Å². The highest BCUT2D eigenvalue weighted by molar-refractivity contribution is 6.44. The van der Waals surface area contributed by atoms with E-state index < -0.39 is 29.7 Å². The van der Waals surface area contributed by atoms with Crippen LogP contribution in [0.5, 0.6) is 0 Å². The van der Waals surface area contributed by atoms with E-state index in [1.165, 1.54) is 44.6 Å². The van der Waals surface area contributed by atoms with Gasteiger partial charge in [0.2, 0.25) is 0 Å². The van der Waals surface area contributed by atoms with Gasteiger partial charge in [-0.05, 0) is 30.3 Å². The number of rotatable bonds is 5. The summed E-state index contributed by atoms with van der Waals surface area (Å²) in [5.74, 6) is -4.48. The van der Waals surface area contributed by atoms with Crippen LogP contribution in [0.3, 0.4) is 0 Å². The van der Waals surface area contributed by atoms with Crippen LogP contribution in [0.4, 0.5) is 11.4 Å². The SMILES string of the molecule is COC(=O)c1ccc(C(=O)OC)c(NC(=O)C(=O)Nc2ccccc2C(=O)OC)c1. The highest BCUT2D eigenvalue weighted by atomic mass is 16.5. The number of hydrogen-bond donors (Lipinski definition) is 2. The second-order valence-electron chi connectivity index (χ2n) is 5.69. The molecule has 10 heteroatoms. The van der Waals surface area contributed by atoms with Crippen molar-refractivity contribution in [3.63, 3.8) is 0 Å². The molecule has 0 aliphatic rings. The third-order valence-corrected chi connectivity index (χ3v) is 3.88. The Labute approximate surface area is 171 Å². The van der Waals surface area contributed by atoms with Crippen LogP contribution in [-0.2, 0) is 23.8 Å². The number of carbonyl (C=O) groups excluding carboxylic acids is 5. The van der Waals surface area contributed by atoms with E-state index in [4.69, 9.17) is 0 Å². The number of esters is 3. The van der Waals surface area contributed by atoms with E-state index in [1.54, 1.807) is 12.1 Å². The molecule has 0 saturated carbocycles. The molecule has 2 amide bonds. The molecule has 0 spiro atoms. The summed E-state index contributed by atoms with van der Waals surface area (Å²) in [6, 6.07) is 9.66. The summed E-state index contributed by atoms with van der Waals surface area (Å²) >= 11 is 0. The van der Waals surface area contributed by atoms with Gasteiger partial charge in [0.1, 0.15) is 0 Å². The van der Waals surface area contributed by atoms with E-state index in [-0.39, 0.29) is 28.1 Å². The van der Waals surface area contributed by atoms with Crippen molar-refractivity contribution in [3.05, 3.63) is 59.2 Å². The van der Waals surface area contributed by atoms with E-state index in [2.05, 4.69) is 24.8 Å². The van der Waals surface area contributed by atoms with Crippen LogP contribution in [-0.4, -0.2) is 51.1 Å². The average Bonchev–Trinajstić information content (AvgIpc) is 2.77. The number of carbonyl (C=O) groups is 5. The van der Waals surface area contributed by atoms with Crippen LogP contribution in [0.2, 0.25) is 0 Å². The largest absolute Gasteiger partial charge is 0.465 e. The minimum Gasteiger partial charge on any atom is -0.465 e. The first-order valence-electron chi connectivity index (χ1n) is 8.42. The minimum absolute atomic E-state index is 0.0388. The van der Waals surface area contributed by atoms with Gasteiger partial charge in [-0.15, -0.1) is 0 Å². The van der Waals surface area contributed by atoms with Crippen molar-refractivity contribution in [2.45, 2.75) is 0 Å². The van der Waals surface area contributed by atoms with E-state index in [1.807, 2.05) is 0 Å². The van der Waals surface area contributed by atoms with Gasteiger partial charge in [-0.3, -0.25) is 9.59 Å². The van der Waals surface area contributed by atoms with Crippen molar-refractivity contribution >= 4 is 41.1 Å². The third-order valence-electron chi connectivity index (χ3n) is 3.88. The molecule has 156 valence electrons. The first kappa shape index (κ1) is 22.1. The Bertz CT molecular complexity index is 1020. The normalized spacial score (nSPS) is 9.83. The number of para-hydroxylation sites is 1. The number of amides is 2. The molecule has 10 nitrogen and oxygen atoms in total. The summed E-state index contributed by atoms with van der Waals surface area (Å²) in [5, 5.41) is 4.55. The summed E-state index contributed by atoms with van der Waals surface area (Å²) in [4.78, 5) is 60.2. The predicted octanol–water partition coefficient (Wildman–Crippen LogP) is 1.62. The van der Waals surface area contributed by atoms with Gasteiger partial charge in [0.05, 0.1) is 49.4 Å². The molecule has 0 aliphatic heterocycles. The van der Waals surface area contributed by atoms with Crippen molar-refractivity contribution in [3.8, 4) is 0 Å². The van der Waals surface area contributed by atoms with Crippen molar-refractivity contribution < 1.29 is 38.2 Å². The van der Waals surface area contributed by atoms with Gasteiger partial charge in [-0.2, -0.15) is 0 Å². The zero-order valence-corrected chi connectivity index (χ0v) is 16.3. The Balaban J connectivity index is 2.29. The van der Waals surface area contributed by atoms with Gasteiger partial charge in [0.25, 0.3) is 0 Å². The molecule has 0 aliphatic carbocycles. The molecule has 0 aromatic heterocycles. The van der Waals surface area contributed by atoms with Crippen LogP contribution >= 0.6 is 0 Å². The second-order valence-corrected chi connectivity index (χ2v) is 5.69. The summed E-state index contributed by atoms with van der Waals surface area (Å²) in [6.07, 6.45) is 0. The Morgan fingerprint density at radius 2 is 1.13 bits per heavy atom. The highest BCUT2D eigenvalue weighted by Crippen LogP contribution is 2.20. The average molecular weight is 414 g/mol. The lowest BCUT2D eigenvalue weighted by Gasteiger charge is -2.12. The molecule has 2 N–H and O–H groups in total. The van der Waals surface area contributed by atoms with Crippen LogP contribution in [0.1, 0.15) is 31.1 Å². The van der Waals surface area contributed by atoms with Crippen molar-refractivity contribution in [1.82, 2.24) is 0 Å². The number of anilines is 2. The fraction of sp³-hybridized carbons (Fsp3) is 0.150. The monoisotopic (exact) mass is 414 g/mol. The summed E-state index contributed by atoms with van der Waals surface area (Å²) in [6.45, 7) is 0. The van der Waals surface area contributed by atoms with Crippen LogP contribution in [0.15, 0.2) is 42.5 Å². The molecular weight excluding hydrogens is 396 g/mol. The van der Waals surface area contributed by atoms with E-state index in [9.17, 15) is 24.0 Å². The maximum Gasteiger partial charge on any atom is 0.339 e. The molecule has 0 unspecified atom stereocenters. The number of ether oxygens (including phenoxy) is 3. The zero-order valence-electron chi connectivity index (χ0n) is 16.3. The molecule has 2 aromatic carbocycles. The lowest BCUT2D eigenvalue weighted by atomic mass is 10.1. The topological polar surface area (TPSA) is 137 Å². The van der Waals surface area contributed by atoms with Gasteiger partial charge in [0, 0.05) is 0 Å². The lowest BCUT2D eigenvalue weighted by Crippen LogP contribution is -2.30. The maximum absolute atomic E-state index is 12.4. The molecule has 30 heavy (non-hydrogen) atoms. The molecule has 2 rings (SSSR count). The quantitative estimate of drug-likeness (QED) is 0.428. The minimum atomic E-state index is -1.15. The molecule has 2 aromatic rings. The van der Waals surface area contributed by atoms with E-state index >= 15 is 0 Å². The number of methoxy groups -OCH3 is 3. The highest BCUT2D eigenvalue weighted by Gasteiger charge is 2.22. The fourth-order valence-electron chi connectivity index (χ4n) is 2.42. The molecule has 0 heterocycles. The van der Waals surface area contributed by atoms with Gasteiger partial charge in [-0.1, -0.05) is 12.1 Å². The second kappa shape index (κ2) is 9.82. The predicted molar refractivity (Wildman–Crippen MR) is 104 cm³/mol. The van der Waals surface area contributed by atoms with Crippen molar-refractivity contribution in [2.24, 2.45) is 0 Å². The van der Waals surface area contributed by atoms with Crippen LogP contribution < -0.4 is 10.6 Å². The Morgan fingerprint density at radius 1 is 0.633 bits per heavy atom. The van der Waals surface area contributed by atoms with Gasteiger partial charge >= 0.3 is 29.7 Å².